The Hall–Kier alpha value is -5.26. The van der Waals surface area contributed by atoms with E-state index in [9.17, 15) is 24.5 Å². The van der Waals surface area contributed by atoms with E-state index in [-0.39, 0.29) is 34.6 Å². The Morgan fingerprint density at radius 3 is 2.67 bits per heavy atom. The monoisotopic (exact) mass is 490 g/mol. The van der Waals surface area contributed by atoms with E-state index in [4.69, 9.17) is 14.6 Å². The number of aromatic amines is 1. The van der Waals surface area contributed by atoms with Crippen LogP contribution in [0.15, 0.2) is 75.4 Å². The summed E-state index contributed by atoms with van der Waals surface area (Å²) in [6.45, 7) is -0.159. The molecule has 0 unspecified atom stereocenters. The second kappa shape index (κ2) is 9.93. The molecule has 1 aromatic heterocycles. The van der Waals surface area contributed by atoms with Crippen molar-refractivity contribution in [3.63, 3.8) is 0 Å². The number of nitrogens with zero attached hydrogens (tertiary/aromatic N) is 3. The second-order valence-electron chi connectivity index (χ2n) is 7.46. The van der Waals surface area contributed by atoms with Crippen LogP contribution in [-0.4, -0.2) is 39.0 Å². The molecule has 0 aliphatic heterocycles. The topological polar surface area (TPSA) is 166 Å². The lowest BCUT2D eigenvalue weighted by Crippen LogP contribution is -2.32. The molecule has 4 aromatic rings. The third kappa shape index (κ3) is 4.82. The third-order valence-corrected chi connectivity index (χ3v) is 5.14. The van der Waals surface area contributed by atoms with Gasteiger partial charge in [0.05, 0.1) is 34.7 Å². The Morgan fingerprint density at radius 1 is 1.17 bits per heavy atom. The molecule has 0 aliphatic rings. The van der Waals surface area contributed by atoms with Crippen LogP contribution in [0, 0.1) is 10.1 Å². The predicted molar refractivity (Wildman–Crippen MR) is 129 cm³/mol. The van der Waals surface area contributed by atoms with E-state index in [0.717, 1.165) is 12.3 Å². The highest BCUT2D eigenvalue weighted by molar-refractivity contribution is 5.87. The highest BCUT2D eigenvalue weighted by Crippen LogP contribution is 2.38. The lowest BCUT2D eigenvalue weighted by atomic mass is 10.1. The third-order valence-electron chi connectivity index (χ3n) is 5.14. The summed E-state index contributed by atoms with van der Waals surface area (Å²) in [7, 11) is 1.29. The normalized spacial score (nSPS) is 11.0. The average Bonchev–Trinajstić information content (AvgIpc) is 2.87. The number of nitro benzene ring substituents is 1. The summed E-state index contributed by atoms with van der Waals surface area (Å²) in [5.74, 6) is -1.30. The van der Waals surface area contributed by atoms with E-state index < -0.39 is 27.8 Å². The zero-order chi connectivity index (χ0) is 25.8. The van der Waals surface area contributed by atoms with E-state index in [1.165, 1.54) is 37.4 Å². The smallest absolute Gasteiger partial charge is 0.349 e. The van der Waals surface area contributed by atoms with Crippen molar-refractivity contribution in [2.75, 3.05) is 7.11 Å². The van der Waals surface area contributed by atoms with Gasteiger partial charge in [-0.25, -0.2) is 9.59 Å². The molecule has 12 heteroatoms. The van der Waals surface area contributed by atoms with Crippen molar-refractivity contribution in [3.05, 3.63) is 108 Å². The number of carboxylic acids is 1. The molecule has 182 valence electrons. The number of carboxylic acid groups (broad SMARTS) is 1. The number of ether oxygens (including phenoxy) is 2. The molecule has 0 radical (unpaired) electrons. The number of methoxy groups -OCH3 is 1. The number of hydrogen-bond donors (Lipinski definition) is 2. The van der Waals surface area contributed by atoms with E-state index in [2.05, 4.69) is 10.1 Å². The summed E-state index contributed by atoms with van der Waals surface area (Å²) in [5.41, 5.74) is -0.847. The van der Waals surface area contributed by atoms with Crippen molar-refractivity contribution >= 4 is 28.8 Å². The molecule has 36 heavy (non-hydrogen) atoms. The zero-order valence-corrected chi connectivity index (χ0v) is 18.7. The Balaban J connectivity index is 1.69. The van der Waals surface area contributed by atoms with E-state index in [1.54, 1.807) is 24.3 Å². The molecule has 0 saturated heterocycles. The number of aromatic carboxylic acids is 1. The van der Waals surface area contributed by atoms with Gasteiger partial charge < -0.3 is 19.6 Å². The molecule has 0 amide bonds. The molecule has 0 bridgehead atoms. The van der Waals surface area contributed by atoms with Crippen LogP contribution in [0.4, 0.5) is 5.69 Å². The summed E-state index contributed by atoms with van der Waals surface area (Å²) >= 11 is 0. The summed E-state index contributed by atoms with van der Waals surface area (Å²) < 4.78 is 11.5. The molecule has 0 fully saturated rings. The van der Waals surface area contributed by atoms with Crippen LogP contribution < -0.4 is 20.7 Å². The van der Waals surface area contributed by atoms with Gasteiger partial charge in [-0.1, -0.05) is 24.3 Å². The lowest BCUT2D eigenvalue weighted by Gasteiger charge is -2.12. The van der Waals surface area contributed by atoms with Gasteiger partial charge in [-0.05, 0) is 35.9 Å². The van der Waals surface area contributed by atoms with Gasteiger partial charge in [0, 0.05) is 11.6 Å². The van der Waals surface area contributed by atoms with Crippen LogP contribution in [0.2, 0.25) is 0 Å². The van der Waals surface area contributed by atoms with Gasteiger partial charge in [-0.2, -0.15) is 5.10 Å². The van der Waals surface area contributed by atoms with Gasteiger partial charge in [-0.15, -0.1) is 4.68 Å². The number of H-pyrrole nitrogens is 1. The number of carbonyl (C=O) groups is 1. The molecule has 0 spiro atoms. The van der Waals surface area contributed by atoms with Gasteiger partial charge in [0.25, 0.3) is 5.56 Å². The van der Waals surface area contributed by atoms with Gasteiger partial charge in [0.15, 0.2) is 5.75 Å². The fourth-order valence-electron chi connectivity index (χ4n) is 3.45. The minimum atomic E-state index is -1.12. The first kappa shape index (κ1) is 23.9. The molecule has 3 aromatic carbocycles. The SMILES string of the molecule is COc1cc(C=Nn2c(=O)[nH]c3ccccc3c2=O)cc([N+](=O)[O-])c1OCc1cccc(C(=O)O)c1. The molecular weight excluding hydrogens is 472 g/mol. The summed E-state index contributed by atoms with van der Waals surface area (Å²) in [6, 6.07) is 14.9. The Bertz CT molecular complexity index is 1640. The Kier molecular flexibility index (Phi) is 6.59. The first-order chi connectivity index (χ1) is 17.3. The maximum atomic E-state index is 12.6. The first-order valence-corrected chi connectivity index (χ1v) is 10.4. The Morgan fingerprint density at radius 2 is 1.94 bits per heavy atom. The fraction of sp³-hybridized carbons (Fsp3) is 0.0833. The van der Waals surface area contributed by atoms with Gasteiger partial charge in [0.1, 0.15) is 6.61 Å². The van der Waals surface area contributed by atoms with Crippen molar-refractivity contribution < 1.29 is 24.3 Å². The predicted octanol–water partition coefficient (Wildman–Crippen LogP) is 2.77. The number of rotatable bonds is 8. The molecular formula is C24H18N4O8. The molecule has 12 nitrogen and oxygen atoms in total. The van der Waals surface area contributed by atoms with Crippen LogP contribution in [0.1, 0.15) is 21.5 Å². The highest BCUT2D eigenvalue weighted by atomic mass is 16.6. The number of nitro groups is 1. The standard InChI is InChI=1S/C24H18N4O8/c1-35-20-11-15(12-25-27-22(29)17-7-2-3-8-18(17)26-24(27)32)10-19(28(33)34)21(20)36-13-14-5-4-6-16(9-14)23(30)31/h2-12H,13H2,1H3,(H,26,32)(H,30,31). The summed E-state index contributed by atoms with van der Waals surface area (Å²) in [5, 5.41) is 25.1. The van der Waals surface area contributed by atoms with Gasteiger partial charge in [-0.3, -0.25) is 14.9 Å². The molecule has 0 aliphatic carbocycles. The van der Waals surface area contributed by atoms with Crippen molar-refractivity contribution in [3.8, 4) is 11.5 Å². The molecule has 1 heterocycles. The largest absolute Gasteiger partial charge is 0.493 e. The van der Waals surface area contributed by atoms with E-state index in [1.807, 2.05) is 0 Å². The van der Waals surface area contributed by atoms with E-state index in [0.29, 0.717) is 15.8 Å². The molecule has 0 atom stereocenters. The van der Waals surface area contributed by atoms with Crippen LogP contribution in [0.5, 0.6) is 11.5 Å². The van der Waals surface area contributed by atoms with Crippen molar-refractivity contribution in [1.82, 2.24) is 9.66 Å². The van der Waals surface area contributed by atoms with Crippen LogP contribution >= 0.6 is 0 Å². The van der Waals surface area contributed by atoms with Crippen molar-refractivity contribution in [2.45, 2.75) is 6.61 Å². The number of aromatic nitrogens is 2. The quantitative estimate of drug-likeness (QED) is 0.216. The van der Waals surface area contributed by atoms with Crippen LogP contribution in [0.25, 0.3) is 10.9 Å². The van der Waals surface area contributed by atoms with Crippen LogP contribution in [-0.2, 0) is 6.61 Å². The second-order valence-corrected chi connectivity index (χ2v) is 7.46. The molecule has 4 rings (SSSR count). The Labute approximate surface area is 201 Å². The summed E-state index contributed by atoms with van der Waals surface area (Å²) in [4.78, 5) is 49.8. The number of nitrogens with one attached hydrogen (secondary N) is 1. The number of hydrogen-bond acceptors (Lipinski definition) is 8. The van der Waals surface area contributed by atoms with E-state index >= 15 is 0 Å². The number of para-hydroxylation sites is 1. The minimum absolute atomic E-state index is 0.000179. The van der Waals surface area contributed by atoms with Crippen molar-refractivity contribution in [1.29, 1.82) is 0 Å². The maximum absolute atomic E-state index is 12.6. The fourth-order valence-corrected chi connectivity index (χ4v) is 3.45. The maximum Gasteiger partial charge on any atom is 0.349 e. The number of fused-ring (bicyclic) bond motifs is 1. The first-order valence-electron chi connectivity index (χ1n) is 10.4. The minimum Gasteiger partial charge on any atom is -0.493 e. The average molecular weight is 490 g/mol. The molecule has 0 saturated carbocycles. The number of benzene rings is 3. The lowest BCUT2D eigenvalue weighted by molar-refractivity contribution is -0.386. The van der Waals surface area contributed by atoms with Crippen molar-refractivity contribution in [2.24, 2.45) is 5.10 Å². The van der Waals surface area contributed by atoms with Crippen LogP contribution in [0.3, 0.4) is 0 Å². The highest BCUT2D eigenvalue weighted by Gasteiger charge is 2.22. The summed E-state index contributed by atoms with van der Waals surface area (Å²) in [6.07, 6.45) is 1.11. The van der Waals surface area contributed by atoms with Gasteiger partial charge >= 0.3 is 17.3 Å². The zero-order valence-electron chi connectivity index (χ0n) is 18.7. The molecule has 2 N–H and O–H groups in total. The van der Waals surface area contributed by atoms with Gasteiger partial charge in [0.2, 0.25) is 5.75 Å².